The zero-order chi connectivity index (χ0) is 14.5. The summed E-state index contributed by atoms with van der Waals surface area (Å²) >= 11 is 0. The van der Waals surface area contributed by atoms with Crippen molar-refractivity contribution < 1.29 is 9.72 Å². The Morgan fingerprint density at radius 1 is 1.67 bits per heavy atom. The van der Waals surface area contributed by atoms with Gasteiger partial charge in [0.15, 0.2) is 0 Å². The van der Waals surface area contributed by atoms with Gasteiger partial charge in [0.1, 0.15) is 6.20 Å². The van der Waals surface area contributed by atoms with Crippen molar-refractivity contribution in [2.75, 3.05) is 13.1 Å². The molecule has 9 heteroatoms. The number of rotatable bonds is 5. The topological polar surface area (TPSA) is 102 Å². The third-order valence-corrected chi connectivity index (χ3v) is 3.39. The molecule has 21 heavy (non-hydrogen) atoms. The van der Waals surface area contributed by atoms with Gasteiger partial charge in [0.2, 0.25) is 11.7 Å². The van der Waals surface area contributed by atoms with E-state index >= 15 is 0 Å². The number of carbonyl (C=O) groups excluding carboxylic acids is 1. The number of aromatic nitrogens is 2. The second-order valence-electron chi connectivity index (χ2n) is 4.96. The Morgan fingerprint density at radius 3 is 3.00 bits per heavy atom. The molecule has 0 radical (unpaired) electrons. The van der Waals surface area contributed by atoms with Gasteiger partial charge in [0.25, 0.3) is 0 Å². The Labute approximate surface area is 128 Å². The number of nitrogens with one attached hydrogen (secondary N) is 2. The van der Waals surface area contributed by atoms with Crippen LogP contribution in [0.2, 0.25) is 0 Å². The lowest BCUT2D eigenvalue weighted by Gasteiger charge is -2.23. The first-order valence-corrected chi connectivity index (χ1v) is 6.74. The number of hydrogen-bond donors (Lipinski definition) is 2. The second-order valence-corrected chi connectivity index (χ2v) is 4.96. The maximum atomic E-state index is 11.8. The fraction of sp³-hybridized carbons (Fsp3) is 0.667. The number of carbonyl (C=O) groups is 1. The number of hydrogen-bond acceptors (Lipinski definition) is 5. The average molecular weight is 318 g/mol. The highest BCUT2D eigenvalue weighted by molar-refractivity contribution is 5.85. The SMILES string of the molecule is Cc1nc([N+](=O)[O-])cn1CCC(=O)NC1CCCNC1.Cl. The molecular weight excluding hydrogens is 298 g/mol. The fourth-order valence-electron chi connectivity index (χ4n) is 2.30. The molecule has 1 aliphatic rings. The molecule has 0 aliphatic carbocycles. The third-order valence-electron chi connectivity index (χ3n) is 3.39. The Kier molecular flexibility index (Phi) is 6.57. The van der Waals surface area contributed by atoms with E-state index in [0.717, 1.165) is 25.9 Å². The van der Waals surface area contributed by atoms with Gasteiger partial charge in [-0.15, -0.1) is 12.4 Å². The second kappa shape index (κ2) is 7.94. The minimum Gasteiger partial charge on any atom is -0.358 e. The van der Waals surface area contributed by atoms with Gasteiger partial charge >= 0.3 is 5.82 Å². The molecule has 1 aromatic heterocycles. The number of halogens is 1. The van der Waals surface area contributed by atoms with Crippen LogP contribution in [-0.2, 0) is 11.3 Å². The van der Waals surface area contributed by atoms with Gasteiger partial charge in [-0.3, -0.25) is 4.79 Å². The summed E-state index contributed by atoms with van der Waals surface area (Å²) in [7, 11) is 0. The average Bonchev–Trinajstić information content (AvgIpc) is 2.79. The van der Waals surface area contributed by atoms with Crippen LogP contribution in [0.4, 0.5) is 5.82 Å². The van der Waals surface area contributed by atoms with Crippen LogP contribution in [0, 0.1) is 17.0 Å². The van der Waals surface area contributed by atoms with Gasteiger partial charge in [-0.05, 0) is 29.3 Å². The summed E-state index contributed by atoms with van der Waals surface area (Å²) in [4.78, 5) is 25.7. The summed E-state index contributed by atoms with van der Waals surface area (Å²) in [5, 5.41) is 16.8. The van der Waals surface area contributed by atoms with Crippen LogP contribution in [0.3, 0.4) is 0 Å². The molecule has 0 spiro atoms. The van der Waals surface area contributed by atoms with Crippen molar-refractivity contribution in [2.24, 2.45) is 0 Å². The number of amides is 1. The summed E-state index contributed by atoms with van der Waals surface area (Å²) in [5.41, 5.74) is 0. The zero-order valence-corrected chi connectivity index (χ0v) is 12.7. The molecule has 0 aromatic carbocycles. The van der Waals surface area contributed by atoms with Crippen molar-refractivity contribution in [1.82, 2.24) is 20.2 Å². The lowest BCUT2D eigenvalue weighted by molar-refractivity contribution is -0.389. The van der Waals surface area contributed by atoms with Crippen LogP contribution in [0.5, 0.6) is 0 Å². The van der Waals surface area contributed by atoms with Crippen LogP contribution in [-0.4, -0.2) is 39.5 Å². The molecule has 1 amide bonds. The fourth-order valence-corrected chi connectivity index (χ4v) is 2.30. The van der Waals surface area contributed by atoms with Gasteiger partial charge in [-0.25, -0.2) is 0 Å². The predicted octanol–water partition coefficient (Wildman–Crippen LogP) is 0.780. The molecule has 2 N–H and O–H groups in total. The first-order chi connectivity index (χ1) is 9.56. The molecule has 1 atom stereocenters. The first kappa shape index (κ1) is 17.4. The Balaban J connectivity index is 0.00000220. The van der Waals surface area contributed by atoms with E-state index in [-0.39, 0.29) is 30.2 Å². The highest BCUT2D eigenvalue weighted by Gasteiger charge is 2.17. The molecule has 1 fully saturated rings. The summed E-state index contributed by atoms with van der Waals surface area (Å²) in [5.74, 6) is 0.331. The molecule has 1 saturated heterocycles. The molecule has 0 bridgehead atoms. The number of aryl methyl sites for hydroxylation is 2. The lowest BCUT2D eigenvalue weighted by Crippen LogP contribution is -2.45. The van der Waals surface area contributed by atoms with E-state index in [0.29, 0.717) is 18.8 Å². The zero-order valence-electron chi connectivity index (χ0n) is 11.9. The van der Waals surface area contributed by atoms with Crippen LogP contribution in [0.25, 0.3) is 0 Å². The summed E-state index contributed by atoms with van der Waals surface area (Å²) < 4.78 is 1.64. The molecule has 2 rings (SSSR count). The van der Waals surface area contributed by atoms with E-state index in [1.807, 2.05) is 0 Å². The monoisotopic (exact) mass is 317 g/mol. The molecule has 1 aromatic rings. The van der Waals surface area contributed by atoms with E-state index in [1.165, 1.54) is 6.20 Å². The van der Waals surface area contributed by atoms with E-state index in [1.54, 1.807) is 11.5 Å². The number of nitro groups is 1. The van der Waals surface area contributed by atoms with Gasteiger partial charge < -0.3 is 25.3 Å². The molecular formula is C12H20ClN5O3. The molecule has 2 heterocycles. The Morgan fingerprint density at radius 2 is 2.43 bits per heavy atom. The summed E-state index contributed by atoms with van der Waals surface area (Å²) in [6.45, 7) is 3.90. The van der Waals surface area contributed by atoms with Crippen LogP contribution >= 0.6 is 12.4 Å². The highest BCUT2D eigenvalue weighted by atomic mass is 35.5. The lowest BCUT2D eigenvalue weighted by atomic mass is 10.1. The quantitative estimate of drug-likeness (QED) is 0.617. The first-order valence-electron chi connectivity index (χ1n) is 6.74. The standard InChI is InChI=1S/C12H19N5O3.ClH/c1-9-14-11(17(19)20)8-16(9)6-4-12(18)15-10-3-2-5-13-7-10;/h8,10,13H,2-7H2,1H3,(H,15,18);1H. The normalized spacial score (nSPS) is 17.9. The van der Waals surface area contributed by atoms with Gasteiger partial charge in [-0.2, -0.15) is 0 Å². The smallest absolute Gasteiger partial charge is 0.358 e. The van der Waals surface area contributed by atoms with Crippen LogP contribution in [0.1, 0.15) is 25.1 Å². The molecule has 1 aliphatic heterocycles. The molecule has 118 valence electrons. The molecule has 0 saturated carbocycles. The van der Waals surface area contributed by atoms with Crippen molar-refractivity contribution >= 4 is 24.1 Å². The predicted molar refractivity (Wildman–Crippen MR) is 79.5 cm³/mol. The summed E-state index contributed by atoms with van der Waals surface area (Å²) in [6, 6.07) is 0.189. The van der Waals surface area contributed by atoms with Crippen molar-refractivity contribution in [3.8, 4) is 0 Å². The van der Waals surface area contributed by atoms with Crippen molar-refractivity contribution in [1.29, 1.82) is 0 Å². The van der Waals surface area contributed by atoms with Gasteiger partial charge in [0.05, 0.1) is 0 Å². The maximum Gasteiger partial charge on any atom is 0.381 e. The number of imidazole rings is 1. The third kappa shape index (κ3) is 4.98. The van der Waals surface area contributed by atoms with Gasteiger partial charge in [0, 0.05) is 32.5 Å². The van der Waals surface area contributed by atoms with Crippen LogP contribution in [0.15, 0.2) is 6.20 Å². The van der Waals surface area contributed by atoms with Crippen molar-refractivity contribution in [2.45, 2.75) is 38.8 Å². The number of piperidine rings is 1. The van der Waals surface area contributed by atoms with E-state index in [4.69, 9.17) is 0 Å². The molecule has 8 nitrogen and oxygen atoms in total. The largest absolute Gasteiger partial charge is 0.381 e. The van der Waals surface area contributed by atoms with E-state index in [2.05, 4.69) is 15.6 Å². The molecule has 1 unspecified atom stereocenters. The van der Waals surface area contributed by atoms with E-state index in [9.17, 15) is 14.9 Å². The minimum atomic E-state index is -0.530. The van der Waals surface area contributed by atoms with Gasteiger partial charge in [-0.1, -0.05) is 0 Å². The van der Waals surface area contributed by atoms with E-state index < -0.39 is 4.92 Å². The minimum absolute atomic E-state index is 0. The maximum absolute atomic E-state index is 11.8. The van der Waals surface area contributed by atoms with Crippen molar-refractivity contribution in [3.63, 3.8) is 0 Å². The Bertz CT molecular complexity index is 499. The summed E-state index contributed by atoms with van der Waals surface area (Å²) in [6.07, 6.45) is 3.72. The number of nitrogens with zero attached hydrogens (tertiary/aromatic N) is 3. The highest BCUT2D eigenvalue weighted by Crippen LogP contribution is 2.11. The van der Waals surface area contributed by atoms with Crippen LogP contribution < -0.4 is 10.6 Å². The van der Waals surface area contributed by atoms with Crippen molar-refractivity contribution in [3.05, 3.63) is 22.1 Å². The Hall–Kier alpha value is -1.67.